The lowest BCUT2D eigenvalue weighted by Crippen LogP contribution is -2.34. The fourth-order valence-electron chi connectivity index (χ4n) is 3.35. The number of nitrogens with two attached hydrogens (primary N) is 1. The zero-order chi connectivity index (χ0) is 22.5. The molecule has 0 aliphatic rings. The van der Waals surface area contributed by atoms with Crippen LogP contribution in [0, 0.1) is 0 Å². The molecular weight excluding hydrogens is 409 g/mol. The van der Waals surface area contributed by atoms with Crippen molar-refractivity contribution in [3.05, 3.63) is 96.4 Å². The Hall–Kier alpha value is -4.17. The number of alkyl halides is 1. The first-order valence-corrected chi connectivity index (χ1v) is 9.85. The van der Waals surface area contributed by atoms with Crippen LogP contribution in [0.4, 0.5) is 10.2 Å². The maximum absolute atomic E-state index is 14.3. The third-order valence-corrected chi connectivity index (χ3v) is 4.93. The summed E-state index contributed by atoms with van der Waals surface area (Å²) in [7, 11) is 0. The Balaban J connectivity index is 1.76. The molecule has 0 aliphatic heterocycles. The fourth-order valence-corrected chi connectivity index (χ4v) is 3.35. The number of halogens is 1. The molecule has 0 unspecified atom stereocenters. The van der Waals surface area contributed by atoms with Gasteiger partial charge in [0.15, 0.2) is 0 Å². The van der Waals surface area contributed by atoms with E-state index in [4.69, 9.17) is 5.73 Å². The smallest absolute Gasteiger partial charge is 0.251 e. The fraction of sp³-hybridized carbons (Fsp3) is 0.0833. The standard InChI is InChI=1S/C24H20FN5O2/c25-22(31)20(30-24(32)16-6-2-1-3-7-16)17-8-4-5-9-18(17)21-23(26)28-14-19(29-21)15-10-12-27-13-11-15/h1-14,20,22,31H,(H2,26,28)(H,30,32)/t20-,22+/m0/s1. The molecule has 0 saturated heterocycles. The molecule has 0 bridgehead atoms. The first-order chi connectivity index (χ1) is 15.5. The number of nitrogens with zero attached hydrogens (tertiary/aromatic N) is 3. The van der Waals surface area contributed by atoms with Gasteiger partial charge in [-0.05, 0) is 29.8 Å². The molecule has 160 valence electrons. The van der Waals surface area contributed by atoms with Crippen LogP contribution < -0.4 is 11.1 Å². The highest BCUT2D eigenvalue weighted by molar-refractivity contribution is 5.94. The average molecular weight is 429 g/mol. The van der Waals surface area contributed by atoms with E-state index in [1.807, 2.05) is 0 Å². The van der Waals surface area contributed by atoms with Gasteiger partial charge in [0.1, 0.15) is 17.6 Å². The number of rotatable bonds is 6. The van der Waals surface area contributed by atoms with E-state index in [-0.39, 0.29) is 5.82 Å². The van der Waals surface area contributed by atoms with Crippen molar-refractivity contribution in [1.29, 1.82) is 0 Å². The molecule has 0 fully saturated rings. The molecular formula is C24H20FN5O2. The van der Waals surface area contributed by atoms with Crippen LogP contribution in [-0.2, 0) is 0 Å². The van der Waals surface area contributed by atoms with Crippen LogP contribution in [0.25, 0.3) is 22.5 Å². The summed E-state index contributed by atoms with van der Waals surface area (Å²) in [5, 5.41) is 12.4. The number of hydrogen-bond donors (Lipinski definition) is 3. The van der Waals surface area contributed by atoms with Crippen LogP contribution in [-0.4, -0.2) is 32.3 Å². The second-order valence-electron chi connectivity index (χ2n) is 7.00. The van der Waals surface area contributed by atoms with Crippen LogP contribution in [0.5, 0.6) is 0 Å². The lowest BCUT2D eigenvalue weighted by molar-refractivity contribution is 0.00652. The maximum atomic E-state index is 14.3. The molecule has 7 nitrogen and oxygen atoms in total. The zero-order valence-corrected chi connectivity index (χ0v) is 16.9. The predicted octanol–water partition coefficient (Wildman–Crippen LogP) is 3.55. The third kappa shape index (κ3) is 4.45. The van der Waals surface area contributed by atoms with Gasteiger partial charge >= 0.3 is 0 Å². The largest absolute Gasteiger partial charge is 0.382 e. The molecule has 1 amide bonds. The summed E-state index contributed by atoms with van der Waals surface area (Å²) < 4.78 is 14.3. The van der Waals surface area contributed by atoms with Gasteiger partial charge in [-0.15, -0.1) is 0 Å². The van der Waals surface area contributed by atoms with Gasteiger partial charge in [0.2, 0.25) is 6.36 Å². The summed E-state index contributed by atoms with van der Waals surface area (Å²) >= 11 is 0. The van der Waals surface area contributed by atoms with E-state index in [9.17, 15) is 14.3 Å². The molecule has 4 N–H and O–H groups in total. The highest BCUT2D eigenvalue weighted by Crippen LogP contribution is 2.33. The minimum atomic E-state index is -2.36. The summed E-state index contributed by atoms with van der Waals surface area (Å²) in [4.78, 5) is 25.5. The quantitative estimate of drug-likeness (QED) is 0.432. The molecule has 0 aliphatic carbocycles. The predicted molar refractivity (Wildman–Crippen MR) is 119 cm³/mol. The number of pyridine rings is 1. The lowest BCUT2D eigenvalue weighted by Gasteiger charge is -2.22. The second-order valence-corrected chi connectivity index (χ2v) is 7.00. The number of carbonyl (C=O) groups excluding carboxylic acids is 1. The topological polar surface area (TPSA) is 114 Å². The summed E-state index contributed by atoms with van der Waals surface area (Å²) in [5.41, 5.74) is 8.87. The van der Waals surface area contributed by atoms with Crippen molar-refractivity contribution in [1.82, 2.24) is 20.3 Å². The normalized spacial score (nSPS) is 12.7. The molecule has 2 aromatic carbocycles. The number of aliphatic hydroxyl groups is 1. The van der Waals surface area contributed by atoms with Gasteiger partial charge in [-0.2, -0.15) is 0 Å². The molecule has 2 heterocycles. The van der Waals surface area contributed by atoms with Gasteiger partial charge in [0.05, 0.1) is 11.9 Å². The van der Waals surface area contributed by atoms with Crippen LogP contribution >= 0.6 is 0 Å². The number of aliphatic hydroxyl groups excluding tert-OH is 1. The highest BCUT2D eigenvalue weighted by Gasteiger charge is 2.27. The molecule has 0 spiro atoms. The van der Waals surface area contributed by atoms with Crippen molar-refractivity contribution in [3.63, 3.8) is 0 Å². The van der Waals surface area contributed by atoms with Gasteiger partial charge in [0, 0.05) is 29.1 Å². The van der Waals surface area contributed by atoms with E-state index in [1.54, 1.807) is 79.1 Å². The average Bonchev–Trinajstić information content (AvgIpc) is 2.84. The van der Waals surface area contributed by atoms with E-state index < -0.39 is 18.3 Å². The van der Waals surface area contributed by atoms with E-state index in [2.05, 4.69) is 20.3 Å². The van der Waals surface area contributed by atoms with Crippen LogP contribution in [0.2, 0.25) is 0 Å². The van der Waals surface area contributed by atoms with Crippen molar-refractivity contribution in [2.75, 3.05) is 5.73 Å². The van der Waals surface area contributed by atoms with Crippen molar-refractivity contribution < 1.29 is 14.3 Å². The molecule has 2 aromatic heterocycles. The molecule has 4 aromatic rings. The SMILES string of the molecule is Nc1ncc(-c2ccncc2)nc1-c1ccccc1[C@H](NC(=O)c1ccccc1)[C@@H](O)F. The van der Waals surface area contributed by atoms with Gasteiger partial charge in [-0.1, -0.05) is 42.5 Å². The molecule has 0 radical (unpaired) electrons. The number of hydrogen-bond acceptors (Lipinski definition) is 6. The van der Waals surface area contributed by atoms with E-state index >= 15 is 0 Å². The molecule has 4 rings (SSSR count). The summed E-state index contributed by atoms with van der Waals surface area (Å²) in [6.45, 7) is 0. The van der Waals surface area contributed by atoms with Crippen LogP contribution in [0.3, 0.4) is 0 Å². The monoisotopic (exact) mass is 429 g/mol. The first kappa shape index (κ1) is 21.1. The number of amides is 1. The Labute approximate surface area is 183 Å². The number of benzene rings is 2. The second kappa shape index (κ2) is 9.32. The van der Waals surface area contributed by atoms with E-state index in [0.29, 0.717) is 28.1 Å². The summed E-state index contributed by atoms with van der Waals surface area (Å²) in [6, 6.07) is 17.3. The maximum Gasteiger partial charge on any atom is 0.251 e. The van der Waals surface area contributed by atoms with E-state index in [1.165, 1.54) is 6.20 Å². The van der Waals surface area contributed by atoms with Gasteiger partial charge in [-0.3, -0.25) is 9.78 Å². The number of nitrogen functional groups attached to an aromatic ring is 1. The van der Waals surface area contributed by atoms with Gasteiger partial charge in [0.25, 0.3) is 5.91 Å². The Morgan fingerprint density at radius 2 is 1.69 bits per heavy atom. The lowest BCUT2D eigenvalue weighted by atomic mass is 9.97. The number of aromatic nitrogens is 3. The zero-order valence-electron chi connectivity index (χ0n) is 16.9. The molecule has 0 saturated carbocycles. The third-order valence-electron chi connectivity index (χ3n) is 4.93. The Kier molecular flexibility index (Phi) is 6.14. The Bertz CT molecular complexity index is 1220. The van der Waals surface area contributed by atoms with Crippen molar-refractivity contribution in [3.8, 4) is 22.5 Å². The van der Waals surface area contributed by atoms with Crippen molar-refractivity contribution in [2.45, 2.75) is 12.4 Å². The Morgan fingerprint density at radius 3 is 2.41 bits per heavy atom. The minimum absolute atomic E-state index is 0.136. The molecule has 8 heteroatoms. The summed E-state index contributed by atoms with van der Waals surface area (Å²) in [6.07, 6.45) is 2.45. The molecule has 2 atom stereocenters. The van der Waals surface area contributed by atoms with E-state index in [0.717, 1.165) is 5.56 Å². The van der Waals surface area contributed by atoms with Crippen molar-refractivity contribution in [2.24, 2.45) is 0 Å². The number of anilines is 1. The van der Waals surface area contributed by atoms with Gasteiger partial charge in [-0.25, -0.2) is 14.4 Å². The number of carbonyl (C=O) groups is 1. The van der Waals surface area contributed by atoms with Crippen LogP contribution in [0.15, 0.2) is 85.3 Å². The van der Waals surface area contributed by atoms with Crippen molar-refractivity contribution >= 4 is 11.7 Å². The Morgan fingerprint density at radius 1 is 1.00 bits per heavy atom. The first-order valence-electron chi connectivity index (χ1n) is 9.85. The van der Waals surface area contributed by atoms with Gasteiger partial charge < -0.3 is 16.2 Å². The van der Waals surface area contributed by atoms with Crippen LogP contribution in [0.1, 0.15) is 22.0 Å². The molecule has 32 heavy (non-hydrogen) atoms. The highest BCUT2D eigenvalue weighted by atomic mass is 19.1. The minimum Gasteiger partial charge on any atom is -0.382 e. The summed E-state index contributed by atoms with van der Waals surface area (Å²) in [5.74, 6) is -0.386. The number of nitrogens with one attached hydrogen (secondary N) is 1.